The monoisotopic (exact) mass is 468 g/mol. The molecule has 28 heavy (non-hydrogen) atoms. The van der Waals surface area contributed by atoms with E-state index in [0.717, 1.165) is 45.1 Å². The standard InChI is InChI=1S/C19H13N5.3ClH.Cr/c1-2-7-13-12(6-1)21-18(22-13)16-10-5-11-17(20-16)19-23-14-8-3-4-9-15(14)24-19;;;;/h1-11H,(H,21,22)(H,23,24);3*1H;/q;;;;+3/p-3. The van der Waals surface area contributed by atoms with Gasteiger partial charge in [0.25, 0.3) is 0 Å². The fraction of sp³-hybridized carbons (Fsp3) is 0. The smallest absolute Gasteiger partial charge is 1.00 e. The van der Waals surface area contributed by atoms with Crippen molar-refractivity contribution in [3.8, 4) is 23.0 Å². The number of hydrogen-bond acceptors (Lipinski definition) is 3. The van der Waals surface area contributed by atoms with Crippen LogP contribution in [0.15, 0.2) is 66.7 Å². The Kier molecular flexibility index (Phi) is 8.50. The number of nitrogens with zero attached hydrogens (tertiary/aromatic N) is 3. The summed E-state index contributed by atoms with van der Waals surface area (Å²) in [4.78, 5) is 20.6. The Bertz CT molecular complexity index is 1030. The Morgan fingerprint density at radius 1 is 0.500 bits per heavy atom. The number of halogens is 3. The second-order valence-corrected chi connectivity index (χ2v) is 5.61. The maximum absolute atomic E-state index is 4.72. The minimum absolute atomic E-state index is 0. The number of nitrogens with one attached hydrogen (secondary N) is 2. The van der Waals surface area contributed by atoms with Crippen molar-refractivity contribution in [1.82, 2.24) is 24.9 Å². The molecule has 0 bridgehead atoms. The van der Waals surface area contributed by atoms with Crippen LogP contribution in [0.3, 0.4) is 0 Å². The maximum atomic E-state index is 4.72. The van der Waals surface area contributed by atoms with Crippen molar-refractivity contribution in [1.29, 1.82) is 0 Å². The molecule has 5 rings (SSSR count). The second-order valence-electron chi connectivity index (χ2n) is 5.61. The summed E-state index contributed by atoms with van der Waals surface area (Å²) in [6.45, 7) is 0. The third-order valence-corrected chi connectivity index (χ3v) is 4.01. The molecule has 0 aliphatic carbocycles. The molecule has 0 amide bonds. The van der Waals surface area contributed by atoms with Crippen LogP contribution in [0.4, 0.5) is 0 Å². The van der Waals surface area contributed by atoms with Gasteiger partial charge in [-0.15, -0.1) is 0 Å². The predicted molar refractivity (Wildman–Crippen MR) is 94.4 cm³/mol. The van der Waals surface area contributed by atoms with E-state index < -0.39 is 0 Å². The van der Waals surface area contributed by atoms with Crippen molar-refractivity contribution in [2.75, 3.05) is 0 Å². The van der Waals surface area contributed by atoms with Gasteiger partial charge in [-0.05, 0) is 36.4 Å². The zero-order valence-electron chi connectivity index (χ0n) is 14.2. The number of H-pyrrole nitrogens is 2. The van der Waals surface area contributed by atoms with Crippen LogP contribution in [-0.2, 0) is 17.4 Å². The van der Waals surface area contributed by atoms with E-state index in [4.69, 9.17) is 4.98 Å². The van der Waals surface area contributed by atoms with Crippen molar-refractivity contribution in [3.63, 3.8) is 0 Å². The first kappa shape index (κ1) is 24.0. The van der Waals surface area contributed by atoms with E-state index in [1.807, 2.05) is 66.7 Å². The van der Waals surface area contributed by atoms with Gasteiger partial charge in [0.15, 0.2) is 11.6 Å². The second kappa shape index (κ2) is 9.92. The molecule has 0 saturated carbocycles. The molecule has 1 radical (unpaired) electrons. The van der Waals surface area contributed by atoms with Crippen LogP contribution in [0, 0.1) is 0 Å². The van der Waals surface area contributed by atoms with Gasteiger partial charge in [-0.25, -0.2) is 15.0 Å². The van der Waals surface area contributed by atoms with Gasteiger partial charge in [-0.1, -0.05) is 30.3 Å². The van der Waals surface area contributed by atoms with Gasteiger partial charge in [-0.3, -0.25) is 0 Å². The Hall–Kier alpha value is -2.07. The van der Waals surface area contributed by atoms with E-state index in [-0.39, 0.29) is 54.6 Å². The van der Waals surface area contributed by atoms with Gasteiger partial charge in [0.2, 0.25) is 0 Å². The molecule has 2 aromatic carbocycles. The average Bonchev–Trinajstić information content (AvgIpc) is 3.26. The van der Waals surface area contributed by atoms with Gasteiger partial charge in [0, 0.05) is 0 Å². The summed E-state index contributed by atoms with van der Waals surface area (Å²) in [5.41, 5.74) is 5.46. The van der Waals surface area contributed by atoms with E-state index in [2.05, 4.69) is 19.9 Å². The Morgan fingerprint density at radius 2 is 0.929 bits per heavy atom. The normalized spacial score (nSPS) is 9.71. The first-order valence-electron chi connectivity index (χ1n) is 7.74. The molecule has 0 atom stereocenters. The number of fused-ring (bicyclic) bond motifs is 2. The minimum atomic E-state index is 0. The summed E-state index contributed by atoms with van der Waals surface area (Å²) in [5.74, 6) is 1.52. The van der Waals surface area contributed by atoms with Crippen LogP contribution in [0.5, 0.6) is 0 Å². The third-order valence-electron chi connectivity index (χ3n) is 4.01. The molecule has 0 unspecified atom stereocenters. The molecule has 5 nitrogen and oxygen atoms in total. The number of hydrogen-bond donors (Lipinski definition) is 2. The molecule has 9 heteroatoms. The number of benzene rings is 2. The van der Waals surface area contributed by atoms with Gasteiger partial charge in [0.05, 0.1) is 22.1 Å². The summed E-state index contributed by atoms with van der Waals surface area (Å²) >= 11 is 0. The van der Waals surface area contributed by atoms with Crippen LogP contribution in [0.1, 0.15) is 0 Å². The molecule has 141 valence electrons. The van der Waals surface area contributed by atoms with Crippen molar-refractivity contribution in [2.45, 2.75) is 0 Å². The van der Waals surface area contributed by atoms with Crippen LogP contribution >= 0.6 is 0 Å². The quantitative estimate of drug-likeness (QED) is 0.273. The molecule has 5 aromatic rings. The summed E-state index contributed by atoms with van der Waals surface area (Å²) in [6, 6.07) is 21.8. The molecular weight excluding hydrogens is 457 g/mol. The molecular formula is C19H13Cl3CrN5. The van der Waals surface area contributed by atoms with E-state index in [9.17, 15) is 0 Å². The number of pyridine rings is 1. The maximum Gasteiger partial charge on any atom is 3.00 e. The first-order chi connectivity index (χ1) is 11.9. The molecule has 0 aliphatic heterocycles. The Balaban J connectivity index is 0.000000980. The summed E-state index contributed by atoms with van der Waals surface area (Å²) in [6.07, 6.45) is 0. The van der Waals surface area contributed by atoms with E-state index >= 15 is 0 Å². The van der Waals surface area contributed by atoms with Gasteiger partial charge >= 0.3 is 17.4 Å². The molecule has 3 heterocycles. The minimum Gasteiger partial charge on any atom is -1.00 e. The van der Waals surface area contributed by atoms with Crippen LogP contribution < -0.4 is 37.2 Å². The number of rotatable bonds is 2. The first-order valence-corrected chi connectivity index (χ1v) is 7.74. The topological polar surface area (TPSA) is 70.2 Å². The number of imidazole rings is 2. The van der Waals surface area contributed by atoms with Crippen LogP contribution in [0.2, 0.25) is 0 Å². The van der Waals surface area contributed by atoms with Crippen LogP contribution in [-0.4, -0.2) is 24.9 Å². The van der Waals surface area contributed by atoms with Crippen molar-refractivity contribution < 1.29 is 54.6 Å². The van der Waals surface area contributed by atoms with Crippen molar-refractivity contribution in [3.05, 3.63) is 66.7 Å². The zero-order valence-corrected chi connectivity index (χ0v) is 17.8. The average molecular weight is 470 g/mol. The van der Waals surface area contributed by atoms with Crippen molar-refractivity contribution >= 4 is 22.1 Å². The summed E-state index contributed by atoms with van der Waals surface area (Å²) in [5, 5.41) is 0. The Labute approximate surface area is 190 Å². The summed E-state index contributed by atoms with van der Waals surface area (Å²) in [7, 11) is 0. The predicted octanol–water partition coefficient (Wildman–Crippen LogP) is -4.82. The van der Waals surface area contributed by atoms with E-state index in [1.54, 1.807) is 0 Å². The zero-order chi connectivity index (χ0) is 15.9. The molecule has 0 aliphatic rings. The van der Waals surface area contributed by atoms with Gasteiger partial charge in [0.1, 0.15) is 11.4 Å². The molecule has 0 spiro atoms. The molecule has 0 fully saturated rings. The van der Waals surface area contributed by atoms with Crippen molar-refractivity contribution in [2.24, 2.45) is 0 Å². The van der Waals surface area contributed by atoms with E-state index in [1.165, 1.54) is 0 Å². The largest absolute Gasteiger partial charge is 3.00 e. The Morgan fingerprint density at radius 3 is 1.36 bits per heavy atom. The fourth-order valence-electron chi connectivity index (χ4n) is 2.85. The fourth-order valence-corrected chi connectivity index (χ4v) is 2.85. The summed E-state index contributed by atoms with van der Waals surface area (Å²) < 4.78 is 0. The van der Waals surface area contributed by atoms with Gasteiger partial charge in [-0.2, -0.15) is 0 Å². The number of aromatic amines is 2. The van der Waals surface area contributed by atoms with Gasteiger partial charge < -0.3 is 47.2 Å². The molecule has 3 aromatic heterocycles. The molecule has 2 N–H and O–H groups in total. The van der Waals surface area contributed by atoms with Crippen LogP contribution in [0.25, 0.3) is 45.1 Å². The third kappa shape index (κ3) is 4.33. The number of aromatic nitrogens is 5. The van der Waals surface area contributed by atoms with E-state index in [0.29, 0.717) is 0 Å². The molecule has 0 saturated heterocycles. The SMILES string of the molecule is [Cl-].[Cl-].[Cl-].[Cr+3].c1cc(-c2nc3ccccc3[nH]2)nc(-c2nc3ccccc3[nH]2)c1. The number of para-hydroxylation sites is 4.